The molecule has 1 amide bonds. The number of nitrogen functional groups attached to an aromatic ring is 1. The van der Waals surface area contributed by atoms with Gasteiger partial charge in [0.2, 0.25) is 0 Å². The topological polar surface area (TPSA) is 71.2 Å². The lowest BCUT2D eigenvalue weighted by Gasteiger charge is -2.12. The highest BCUT2D eigenvalue weighted by Crippen LogP contribution is 2.30. The molecular weight excluding hydrogens is 260 g/mol. The minimum atomic E-state index is -0.0965. The fourth-order valence-electron chi connectivity index (χ4n) is 2.02. The van der Waals surface area contributed by atoms with Gasteiger partial charge in [0.25, 0.3) is 5.91 Å². The van der Waals surface area contributed by atoms with Gasteiger partial charge >= 0.3 is 0 Å². The Hall–Kier alpha value is -1.30. The van der Waals surface area contributed by atoms with Crippen molar-refractivity contribution in [1.29, 1.82) is 0 Å². The van der Waals surface area contributed by atoms with Crippen LogP contribution in [0.2, 0.25) is 0 Å². The van der Waals surface area contributed by atoms with Gasteiger partial charge in [0.1, 0.15) is 10.7 Å². The van der Waals surface area contributed by atoms with Crippen LogP contribution in [-0.4, -0.2) is 30.5 Å². The van der Waals surface area contributed by atoms with Crippen molar-refractivity contribution in [2.45, 2.75) is 33.1 Å². The number of nitrogens with zero attached hydrogens (tertiary/aromatic N) is 2. The molecule has 0 bridgehead atoms. The van der Waals surface area contributed by atoms with Crippen molar-refractivity contribution in [2.75, 3.05) is 30.3 Å². The van der Waals surface area contributed by atoms with Gasteiger partial charge < -0.3 is 16.0 Å². The summed E-state index contributed by atoms with van der Waals surface area (Å²) < 4.78 is 0. The third kappa shape index (κ3) is 3.37. The fourth-order valence-corrected chi connectivity index (χ4v) is 2.97. The van der Waals surface area contributed by atoms with Crippen molar-refractivity contribution in [3.63, 3.8) is 0 Å². The standard InChI is InChI=1S/C13H22N4OS/c1-3-9(2)8-15-12(18)10-11(14)16-13(19-10)17-6-4-5-7-17/h9H,3-8,14H2,1-2H3,(H,15,18). The highest BCUT2D eigenvalue weighted by atomic mass is 32.1. The van der Waals surface area contributed by atoms with Crippen molar-refractivity contribution < 1.29 is 4.79 Å². The van der Waals surface area contributed by atoms with E-state index in [0.717, 1.165) is 24.6 Å². The highest BCUT2D eigenvalue weighted by Gasteiger charge is 2.21. The number of nitrogens with one attached hydrogen (secondary N) is 1. The third-order valence-corrected chi connectivity index (χ3v) is 4.66. The van der Waals surface area contributed by atoms with Crippen LogP contribution in [0.4, 0.5) is 10.9 Å². The SMILES string of the molecule is CCC(C)CNC(=O)c1sc(N2CCCC2)nc1N. The predicted molar refractivity (Wildman–Crippen MR) is 79.8 cm³/mol. The quantitative estimate of drug-likeness (QED) is 0.867. The van der Waals surface area contributed by atoms with Crippen LogP contribution in [0.1, 0.15) is 42.8 Å². The fraction of sp³-hybridized carbons (Fsp3) is 0.692. The maximum absolute atomic E-state index is 12.1. The third-order valence-electron chi connectivity index (χ3n) is 3.53. The summed E-state index contributed by atoms with van der Waals surface area (Å²) in [6.07, 6.45) is 3.43. The Morgan fingerprint density at radius 3 is 2.84 bits per heavy atom. The zero-order valence-corrected chi connectivity index (χ0v) is 12.4. The summed E-state index contributed by atoms with van der Waals surface area (Å²) in [5.41, 5.74) is 5.86. The number of nitrogens with two attached hydrogens (primary N) is 1. The molecule has 0 spiro atoms. The maximum Gasteiger partial charge on any atom is 0.265 e. The normalized spacial score (nSPS) is 16.6. The lowest BCUT2D eigenvalue weighted by Crippen LogP contribution is -2.27. The Labute approximate surface area is 118 Å². The Balaban J connectivity index is 2.01. The van der Waals surface area contributed by atoms with E-state index in [9.17, 15) is 4.79 Å². The molecule has 1 aliphatic rings. The highest BCUT2D eigenvalue weighted by molar-refractivity contribution is 7.18. The first-order chi connectivity index (χ1) is 9.11. The number of hydrogen-bond acceptors (Lipinski definition) is 5. The van der Waals surface area contributed by atoms with Crippen LogP contribution >= 0.6 is 11.3 Å². The maximum atomic E-state index is 12.1. The molecule has 1 aromatic heterocycles. The molecule has 1 aromatic rings. The number of anilines is 2. The number of thiazole rings is 1. The molecule has 0 aromatic carbocycles. The van der Waals surface area contributed by atoms with Gasteiger partial charge in [-0.1, -0.05) is 31.6 Å². The van der Waals surface area contributed by atoms with Gasteiger partial charge in [-0.25, -0.2) is 4.98 Å². The predicted octanol–water partition coefficient (Wildman–Crippen LogP) is 2.10. The van der Waals surface area contributed by atoms with Crippen LogP contribution in [0.3, 0.4) is 0 Å². The van der Waals surface area contributed by atoms with Crippen LogP contribution < -0.4 is 16.0 Å². The van der Waals surface area contributed by atoms with E-state index in [-0.39, 0.29) is 5.91 Å². The number of aromatic nitrogens is 1. The van der Waals surface area contributed by atoms with E-state index < -0.39 is 0 Å². The first-order valence-electron chi connectivity index (χ1n) is 6.91. The first-order valence-corrected chi connectivity index (χ1v) is 7.73. The van der Waals surface area contributed by atoms with Crippen LogP contribution in [0.5, 0.6) is 0 Å². The van der Waals surface area contributed by atoms with E-state index in [1.165, 1.54) is 24.2 Å². The monoisotopic (exact) mass is 282 g/mol. The van der Waals surface area contributed by atoms with E-state index in [2.05, 4.69) is 29.0 Å². The van der Waals surface area contributed by atoms with Gasteiger partial charge in [-0.3, -0.25) is 4.79 Å². The lowest BCUT2D eigenvalue weighted by molar-refractivity contribution is 0.0952. The molecule has 0 aliphatic carbocycles. The Bertz CT molecular complexity index is 440. The Kier molecular flexibility index (Phi) is 4.63. The largest absolute Gasteiger partial charge is 0.382 e. The molecular formula is C13H22N4OS. The molecule has 19 heavy (non-hydrogen) atoms. The van der Waals surface area contributed by atoms with Gasteiger partial charge in [-0.2, -0.15) is 0 Å². The molecule has 0 radical (unpaired) electrons. The van der Waals surface area contributed by atoms with Gasteiger partial charge in [-0.15, -0.1) is 0 Å². The molecule has 1 fully saturated rings. The summed E-state index contributed by atoms with van der Waals surface area (Å²) in [4.78, 5) is 19.1. The lowest BCUT2D eigenvalue weighted by atomic mass is 10.1. The summed E-state index contributed by atoms with van der Waals surface area (Å²) in [7, 11) is 0. The van der Waals surface area contributed by atoms with Crippen molar-refractivity contribution in [3.8, 4) is 0 Å². The van der Waals surface area contributed by atoms with Crippen molar-refractivity contribution in [2.24, 2.45) is 5.92 Å². The van der Waals surface area contributed by atoms with Crippen LogP contribution in [-0.2, 0) is 0 Å². The van der Waals surface area contributed by atoms with E-state index >= 15 is 0 Å². The van der Waals surface area contributed by atoms with Crippen LogP contribution in [0.15, 0.2) is 0 Å². The van der Waals surface area contributed by atoms with E-state index in [4.69, 9.17) is 5.73 Å². The second kappa shape index (κ2) is 6.23. The molecule has 1 unspecified atom stereocenters. The molecule has 1 aliphatic heterocycles. The molecule has 2 rings (SSSR count). The first kappa shape index (κ1) is 14.1. The van der Waals surface area contributed by atoms with Crippen molar-refractivity contribution in [3.05, 3.63) is 4.88 Å². The smallest absolute Gasteiger partial charge is 0.265 e. The van der Waals surface area contributed by atoms with E-state index in [0.29, 0.717) is 23.2 Å². The van der Waals surface area contributed by atoms with Gasteiger partial charge in [0.15, 0.2) is 5.13 Å². The van der Waals surface area contributed by atoms with E-state index in [1.807, 2.05) is 0 Å². The zero-order valence-electron chi connectivity index (χ0n) is 11.6. The molecule has 6 heteroatoms. The Morgan fingerprint density at radius 1 is 1.53 bits per heavy atom. The number of rotatable bonds is 5. The number of hydrogen-bond donors (Lipinski definition) is 2. The average Bonchev–Trinajstić information content (AvgIpc) is 3.04. The number of carbonyl (C=O) groups is 1. The second-order valence-electron chi connectivity index (χ2n) is 5.13. The summed E-state index contributed by atoms with van der Waals surface area (Å²) in [6.45, 7) is 6.95. The summed E-state index contributed by atoms with van der Waals surface area (Å²) in [5, 5.41) is 3.81. The Morgan fingerprint density at radius 2 is 2.21 bits per heavy atom. The molecule has 1 saturated heterocycles. The van der Waals surface area contributed by atoms with Gasteiger partial charge in [-0.05, 0) is 18.8 Å². The molecule has 5 nitrogen and oxygen atoms in total. The van der Waals surface area contributed by atoms with Gasteiger partial charge in [0.05, 0.1) is 0 Å². The molecule has 106 valence electrons. The van der Waals surface area contributed by atoms with E-state index in [1.54, 1.807) is 0 Å². The molecule has 3 N–H and O–H groups in total. The van der Waals surface area contributed by atoms with Crippen molar-refractivity contribution in [1.82, 2.24) is 10.3 Å². The molecule has 0 saturated carbocycles. The minimum Gasteiger partial charge on any atom is -0.382 e. The summed E-state index contributed by atoms with van der Waals surface area (Å²) in [6, 6.07) is 0. The molecule has 2 heterocycles. The second-order valence-corrected chi connectivity index (χ2v) is 6.11. The van der Waals surface area contributed by atoms with Crippen LogP contribution in [0.25, 0.3) is 0 Å². The zero-order chi connectivity index (χ0) is 13.8. The van der Waals surface area contributed by atoms with Crippen molar-refractivity contribution >= 4 is 28.2 Å². The minimum absolute atomic E-state index is 0.0965. The average molecular weight is 282 g/mol. The molecule has 1 atom stereocenters. The van der Waals surface area contributed by atoms with Crippen LogP contribution in [0, 0.1) is 5.92 Å². The summed E-state index contributed by atoms with van der Waals surface area (Å²) >= 11 is 1.40. The number of amides is 1. The number of carbonyl (C=O) groups excluding carboxylic acids is 1. The summed E-state index contributed by atoms with van der Waals surface area (Å²) in [5.74, 6) is 0.741. The van der Waals surface area contributed by atoms with Gasteiger partial charge in [0, 0.05) is 19.6 Å².